The summed E-state index contributed by atoms with van der Waals surface area (Å²) in [5, 5.41) is 7.56. The molecule has 0 saturated heterocycles. The third kappa shape index (κ3) is 2.01. The molecule has 0 amide bonds. The van der Waals surface area contributed by atoms with Crippen LogP contribution in [-0.2, 0) is 0 Å². The molecule has 0 aromatic carbocycles. The summed E-state index contributed by atoms with van der Waals surface area (Å²) in [5.74, 6) is 0.733. The Kier molecular flexibility index (Phi) is 3.07. The Morgan fingerprint density at radius 2 is 2.19 bits per heavy atom. The number of nitrogens with one attached hydrogen (secondary N) is 1. The molecule has 2 aromatic rings. The second-order valence-electron chi connectivity index (χ2n) is 3.68. The number of aromatic amines is 1. The lowest BCUT2D eigenvalue weighted by Crippen LogP contribution is -2.04. The average molecular weight is 255 g/mol. The van der Waals surface area contributed by atoms with Crippen molar-refractivity contribution in [3.8, 4) is 11.5 Å². The summed E-state index contributed by atoms with van der Waals surface area (Å²) in [7, 11) is 0. The van der Waals surface area contributed by atoms with Gasteiger partial charge in [0, 0.05) is 12.2 Å². The van der Waals surface area contributed by atoms with E-state index in [1.165, 1.54) is 0 Å². The second kappa shape index (κ2) is 4.35. The number of nitrogens with zero attached hydrogens (tertiary/aromatic N) is 3. The van der Waals surface area contributed by atoms with Crippen LogP contribution >= 0.6 is 23.8 Å². The molecule has 6 heteroatoms. The molecule has 0 fully saturated rings. The Bertz CT molecular complexity index is 541. The Hall–Kier alpha value is -1.20. The van der Waals surface area contributed by atoms with Gasteiger partial charge in [-0.3, -0.25) is 14.6 Å². The lowest BCUT2D eigenvalue weighted by atomic mass is 10.3. The molecular weight excluding hydrogens is 244 g/mol. The zero-order valence-electron chi connectivity index (χ0n) is 8.94. The maximum atomic E-state index is 5.79. The number of hydrogen-bond donors (Lipinski definition) is 1. The number of H-pyrrole nitrogens is 1. The van der Waals surface area contributed by atoms with Crippen LogP contribution in [-0.4, -0.2) is 19.7 Å². The van der Waals surface area contributed by atoms with Crippen molar-refractivity contribution in [2.75, 3.05) is 0 Å². The predicted octanol–water partition coefficient (Wildman–Crippen LogP) is 3.24. The van der Waals surface area contributed by atoms with Crippen LogP contribution in [0.5, 0.6) is 0 Å². The topological polar surface area (TPSA) is 46.5 Å². The maximum Gasteiger partial charge on any atom is 0.195 e. The quantitative estimate of drug-likeness (QED) is 0.837. The number of hydrogen-bond acceptors (Lipinski definition) is 3. The van der Waals surface area contributed by atoms with Crippen molar-refractivity contribution < 1.29 is 0 Å². The van der Waals surface area contributed by atoms with Crippen molar-refractivity contribution in [3.05, 3.63) is 28.1 Å². The minimum absolute atomic E-state index is 0.235. The van der Waals surface area contributed by atoms with Crippen LogP contribution in [0.2, 0.25) is 5.02 Å². The SMILES string of the molecule is CC(C)n1c(-c2ccc(Cl)cn2)n[nH]c1=S. The highest BCUT2D eigenvalue weighted by Gasteiger charge is 2.12. The van der Waals surface area contributed by atoms with Gasteiger partial charge >= 0.3 is 0 Å². The average Bonchev–Trinajstić information content (AvgIpc) is 2.61. The van der Waals surface area contributed by atoms with Crippen molar-refractivity contribution in [3.63, 3.8) is 0 Å². The molecule has 0 aliphatic carbocycles. The minimum atomic E-state index is 0.235. The first-order chi connectivity index (χ1) is 7.59. The smallest absolute Gasteiger partial charge is 0.195 e. The zero-order valence-corrected chi connectivity index (χ0v) is 10.5. The number of halogens is 1. The Morgan fingerprint density at radius 1 is 1.44 bits per heavy atom. The third-order valence-electron chi connectivity index (χ3n) is 2.18. The minimum Gasteiger partial charge on any atom is -0.296 e. The molecule has 1 N–H and O–H groups in total. The summed E-state index contributed by atoms with van der Waals surface area (Å²) in [6, 6.07) is 3.84. The van der Waals surface area contributed by atoms with Crippen LogP contribution in [0, 0.1) is 4.77 Å². The molecule has 0 unspecified atom stereocenters. The van der Waals surface area contributed by atoms with Gasteiger partial charge in [0.05, 0.1) is 5.02 Å². The van der Waals surface area contributed by atoms with Gasteiger partial charge in [0.2, 0.25) is 0 Å². The molecule has 0 aliphatic heterocycles. The zero-order chi connectivity index (χ0) is 11.7. The fourth-order valence-electron chi connectivity index (χ4n) is 1.47. The Labute approximate surface area is 103 Å². The monoisotopic (exact) mass is 254 g/mol. The molecule has 0 aliphatic rings. The third-order valence-corrected chi connectivity index (χ3v) is 2.69. The number of aromatic nitrogens is 4. The molecule has 0 bridgehead atoms. The predicted molar refractivity (Wildman–Crippen MR) is 66.0 cm³/mol. The van der Waals surface area contributed by atoms with E-state index in [4.69, 9.17) is 23.8 Å². The first-order valence-corrected chi connectivity index (χ1v) is 5.67. The van der Waals surface area contributed by atoms with E-state index in [1.54, 1.807) is 12.3 Å². The molecule has 0 radical (unpaired) electrons. The van der Waals surface area contributed by atoms with E-state index in [1.807, 2.05) is 24.5 Å². The van der Waals surface area contributed by atoms with Gasteiger partial charge in [0.25, 0.3) is 0 Å². The summed E-state index contributed by atoms with van der Waals surface area (Å²) in [6.07, 6.45) is 1.60. The Morgan fingerprint density at radius 3 is 2.75 bits per heavy atom. The highest BCUT2D eigenvalue weighted by molar-refractivity contribution is 7.71. The maximum absolute atomic E-state index is 5.79. The second-order valence-corrected chi connectivity index (χ2v) is 4.50. The summed E-state index contributed by atoms with van der Waals surface area (Å²) in [5.41, 5.74) is 0.755. The van der Waals surface area contributed by atoms with Gasteiger partial charge in [-0.25, -0.2) is 0 Å². The highest BCUT2D eigenvalue weighted by Crippen LogP contribution is 2.20. The van der Waals surface area contributed by atoms with Crippen molar-refractivity contribution in [1.29, 1.82) is 0 Å². The molecule has 16 heavy (non-hydrogen) atoms. The fourth-order valence-corrected chi connectivity index (χ4v) is 1.93. The van der Waals surface area contributed by atoms with Crippen LogP contribution in [0.3, 0.4) is 0 Å². The normalized spacial score (nSPS) is 11.0. The summed E-state index contributed by atoms with van der Waals surface area (Å²) in [4.78, 5) is 4.22. The van der Waals surface area contributed by atoms with Crippen LogP contribution in [0.25, 0.3) is 11.5 Å². The molecule has 2 heterocycles. The first-order valence-electron chi connectivity index (χ1n) is 4.88. The molecule has 4 nitrogen and oxygen atoms in total. The van der Waals surface area contributed by atoms with E-state index in [-0.39, 0.29) is 6.04 Å². The van der Waals surface area contributed by atoms with Crippen LogP contribution in [0.15, 0.2) is 18.3 Å². The van der Waals surface area contributed by atoms with Crippen molar-refractivity contribution in [2.45, 2.75) is 19.9 Å². The van der Waals surface area contributed by atoms with E-state index in [2.05, 4.69) is 15.2 Å². The van der Waals surface area contributed by atoms with Crippen molar-refractivity contribution in [1.82, 2.24) is 19.7 Å². The van der Waals surface area contributed by atoms with Gasteiger partial charge in [-0.2, -0.15) is 5.10 Å². The lowest BCUT2D eigenvalue weighted by Gasteiger charge is -2.09. The number of rotatable bonds is 2. The van der Waals surface area contributed by atoms with Gasteiger partial charge in [-0.1, -0.05) is 11.6 Å². The lowest BCUT2D eigenvalue weighted by molar-refractivity contribution is 0.596. The van der Waals surface area contributed by atoms with E-state index in [9.17, 15) is 0 Å². The molecule has 2 rings (SSSR count). The van der Waals surface area contributed by atoms with Crippen LogP contribution < -0.4 is 0 Å². The molecule has 84 valence electrons. The summed E-state index contributed by atoms with van der Waals surface area (Å²) < 4.78 is 2.52. The molecule has 0 spiro atoms. The Balaban J connectivity index is 2.56. The van der Waals surface area contributed by atoms with Gasteiger partial charge in [0.15, 0.2) is 10.6 Å². The summed E-state index contributed by atoms with van der Waals surface area (Å²) in [6.45, 7) is 4.09. The van der Waals surface area contributed by atoms with Gasteiger partial charge < -0.3 is 0 Å². The van der Waals surface area contributed by atoms with Gasteiger partial charge in [-0.15, -0.1) is 0 Å². The van der Waals surface area contributed by atoms with Crippen molar-refractivity contribution >= 4 is 23.8 Å². The van der Waals surface area contributed by atoms with E-state index < -0.39 is 0 Å². The van der Waals surface area contributed by atoms with E-state index in [0.717, 1.165) is 11.5 Å². The first kappa shape index (κ1) is 11.3. The summed E-state index contributed by atoms with van der Waals surface area (Å²) >= 11 is 11.0. The van der Waals surface area contributed by atoms with Gasteiger partial charge in [-0.05, 0) is 38.2 Å². The van der Waals surface area contributed by atoms with E-state index in [0.29, 0.717) is 9.79 Å². The van der Waals surface area contributed by atoms with Crippen molar-refractivity contribution in [2.24, 2.45) is 0 Å². The standard InChI is InChI=1S/C10H11ClN4S/c1-6(2)15-9(13-14-10(15)16)8-4-3-7(11)5-12-8/h3-6H,1-2H3,(H,14,16). The van der Waals surface area contributed by atoms with E-state index >= 15 is 0 Å². The van der Waals surface area contributed by atoms with Gasteiger partial charge in [0.1, 0.15) is 5.69 Å². The molecular formula is C10H11ClN4S. The fraction of sp³-hybridized carbons (Fsp3) is 0.300. The molecule has 2 aromatic heterocycles. The largest absolute Gasteiger partial charge is 0.296 e. The number of pyridine rings is 1. The van der Waals surface area contributed by atoms with Crippen LogP contribution in [0.1, 0.15) is 19.9 Å². The molecule has 0 atom stereocenters. The molecule has 0 saturated carbocycles. The highest BCUT2D eigenvalue weighted by atomic mass is 35.5. The van der Waals surface area contributed by atoms with Crippen LogP contribution in [0.4, 0.5) is 0 Å².